The standard InChI is InChI=1S/C25H22FN3O3/c1-29(2)25(31)17-6-4-16(5-7-17)24(30)28-22-14-20-21(32-3)13-12-19(23(20)27-22)15-8-10-18(26)11-9-15/h4-13H,14H2,1-3H3,(H,27,28,30). The van der Waals surface area contributed by atoms with Crippen LogP contribution in [-0.4, -0.2) is 43.8 Å². The zero-order valence-corrected chi connectivity index (χ0v) is 18.0. The average Bonchev–Trinajstić information content (AvgIpc) is 3.22. The van der Waals surface area contributed by atoms with Crippen molar-refractivity contribution in [3.63, 3.8) is 0 Å². The van der Waals surface area contributed by atoms with E-state index in [1.807, 2.05) is 12.1 Å². The lowest BCUT2D eigenvalue weighted by Crippen LogP contribution is -2.30. The fraction of sp³-hybridized carbons (Fsp3) is 0.160. The van der Waals surface area contributed by atoms with Gasteiger partial charge in [-0.05, 0) is 54.1 Å². The lowest BCUT2D eigenvalue weighted by Gasteiger charge is -2.11. The van der Waals surface area contributed by atoms with Gasteiger partial charge in [-0.1, -0.05) is 12.1 Å². The van der Waals surface area contributed by atoms with Gasteiger partial charge in [0.25, 0.3) is 11.8 Å². The maximum atomic E-state index is 13.4. The normalized spacial score (nSPS) is 12.1. The molecule has 2 amide bonds. The quantitative estimate of drug-likeness (QED) is 0.672. The zero-order valence-electron chi connectivity index (χ0n) is 18.0. The Labute approximate surface area is 185 Å². The van der Waals surface area contributed by atoms with Crippen molar-refractivity contribution in [2.75, 3.05) is 21.2 Å². The summed E-state index contributed by atoms with van der Waals surface area (Å²) in [5.41, 5.74) is 4.13. The summed E-state index contributed by atoms with van der Waals surface area (Å²) in [5, 5.41) is 2.85. The molecule has 0 aromatic heterocycles. The van der Waals surface area contributed by atoms with Crippen LogP contribution in [-0.2, 0) is 6.42 Å². The van der Waals surface area contributed by atoms with E-state index in [4.69, 9.17) is 4.74 Å². The molecule has 0 saturated heterocycles. The lowest BCUT2D eigenvalue weighted by molar-refractivity contribution is 0.0826. The maximum absolute atomic E-state index is 13.4. The molecule has 1 heterocycles. The maximum Gasteiger partial charge on any atom is 0.256 e. The van der Waals surface area contributed by atoms with E-state index in [9.17, 15) is 14.0 Å². The van der Waals surface area contributed by atoms with Crippen LogP contribution in [0.3, 0.4) is 0 Å². The molecule has 0 saturated carbocycles. The second-order valence-electron chi connectivity index (χ2n) is 7.62. The van der Waals surface area contributed by atoms with Crippen molar-refractivity contribution in [3.05, 3.63) is 83.2 Å². The molecular formula is C25H22FN3O3. The van der Waals surface area contributed by atoms with Crippen molar-refractivity contribution >= 4 is 23.3 Å². The molecule has 1 aliphatic rings. The number of benzene rings is 3. The van der Waals surface area contributed by atoms with Crippen molar-refractivity contribution in [3.8, 4) is 16.9 Å². The summed E-state index contributed by atoms with van der Waals surface area (Å²) in [6.45, 7) is 0. The molecule has 7 heteroatoms. The van der Waals surface area contributed by atoms with Gasteiger partial charge in [0.05, 0.1) is 12.8 Å². The van der Waals surface area contributed by atoms with Crippen LogP contribution in [0.4, 0.5) is 10.1 Å². The zero-order chi connectivity index (χ0) is 22.8. The molecular weight excluding hydrogens is 409 g/mol. The molecule has 4 rings (SSSR count). The molecule has 0 atom stereocenters. The third-order valence-electron chi connectivity index (χ3n) is 5.26. The van der Waals surface area contributed by atoms with Gasteiger partial charge in [-0.2, -0.15) is 0 Å². The Morgan fingerprint density at radius 1 is 0.969 bits per heavy atom. The fourth-order valence-corrected chi connectivity index (χ4v) is 3.61. The molecule has 3 aromatic rings. The highest BCUT2D eigenvalue weighted by molar-refractivity contribution is 6.10. The number of ether oxygens (including phenoxy) is 1. The molecule has 0 fully saturated rings. The van der Waals surface area contributed by atoms with Crippen molar-refractivity contribution < 1.29 is 18.7 Å². The van der Waals surface area contributed by atoms with Crippen LogP contribution in [0.2, 0.25) is 0 Å². The Morgan fingerprint density at radius 2 is 1.62 bits per heavy atom. The summed E-state index contributed by atoms with van der Waals surface area (Å²) in [4.78, 5) is 30.9. The summed E-state index contributed by atoms with van der Waals surface area (Å²) in [6, 6.07) is 16.4. The number of hydrogen-bond acceptors (Lipinski definition) is 4. The van der Waals surface area contributed by atoms with E-state index in [2.05, 4.69) is 10.3 Å². The average molecular weight is 431 g/mol. The van der Waals surface area contributed by atoms with Gasteiger partial charge < -0.3 is 15.0 Å². The Hall–Kier alpha value is -4.00. The number of nitrogens with zero attached hydrogens (tertiary/aromatic N) is 2. The first-order chi connectivity index (χ1) is 15.4. The Morgan fingerprint density at radius 3 is 2.25 bits per heavy atom. The number of methoxy groups -OCH3 is 1. The molecule has 0 spiro atoms. The molecule has 1 N–H and O–H groups in total. The Kier molecular flexibility index (Phi) is 5.73. The van der Waals surface area contributed by atoms with E-state index in [1.165, 1.54) is 17.0 Å². The molecule has 0 bridgehead atoms. The fourth-order valence-electron chi connectivity index (χ4n) is 3.61. The number of rotatable bonds is 4. The molecule has 0 unspecified atom stereocenters. The van der Waals surface area contributed by atoms with Crippen LogP contribution in [0.5, 0.6) is 5.75 Å². The predicted octanol–water partition coefficient (Wildman–Crippen LogP) is 4.22. The molecule has 32 heavy (non-hydrogen) atoms. The lowest BCUT2D eigenvalue weighted by atomic mass is 9.99. The highest BCUT2D eigenvalue weighted by Gasteiger charge is 2.24. The number of hydrogen-bond donors (Lipinski definition) is 1. The van der Waals surface area contributed by atoms with Crippen molar-refractivity contribution in [2.45, 2.75) is 6.42 Å². The van der Waals surface area contributed by atoms with Gasteiger partial charge in [0.1, 0.15) is 17.4 Å². The first-order valence-corrected chi connectivity index (χ1v) is 10.0. The van der Waals surface area contributed by atoms with E-state index >= 15 is 0 Å². The summed E-state index contributed by atoms with van der Waals surface area (Å²) < 4.78 is 18.8. The summed E-state index contributed by atoms with van der Waals surface area (Å²) >= 11 is 0. The molecule has 6 nitrogen and oxygen atoms in total. The molecule has 162 valence electrons. The first kappa shape index (κ1) is 21.2. The Bertz CT molecular complexity index is 1220. The number of halogens is 1. The van der Waals surface area contributed by atoms with Gasteiger partial charge in [-0.25, -0.2) is 9.38 Å². The highest BCUT2D eigenvalue weighted by atomic mass is 19.1. The van der Waals surface area contributed by atoms with Crippen LogP contribution >= 0.6 is 0 Å². The SMILES string of the molecule is COc1ccc(-c2ccc(F)cc2)c2c1CC(NC(=O)c1ccc(C(=O)N(C)C)cc1)=N2. The second kappa shape index (κ2) is 8.63. The second-order valence-corrected chi connectivity index (χ2v) is 7.62. The monoisotopic (exact) mass is 431 g/mol. The first-order valence-electron chi connectivity index (χ1n) is 10.0. The number of carbonyl (C=O) groups excluding carboxylic acids is 2. The summed E-state index contributed by atoms with van der Waals surface area (Å²) in [7, 11) is 4.93. The third kappa shape index (κ3) is 4.09. The van der Waals surface area contributed by atoms with Gasteiger partial charge in [0, 0.05) is 42.8 Å². The number of carbonyl (C=O) groups is 2. The van der Waals surface area contributed by atoms with Gasteiger partial charge in [0.15, 0.2) is 0 Å². The number of nitrogens with one attached hydrogen (secondary N) is 1. The van der Waals surface area contributed by atoms with E-state index in [0.717, 1.165) is 16.7 Å². The minimum absolute atomic E-state index is 0.131. The number of amides is 2. The van der Waals surface area contributed by atoms with Crippen molar-refractivity contribution in [1.29, 1.82) is 0 Å². The van der Waals surface area contributed by atoms with Crippen LogP contribution in [0.25, 0.3) is 11.1 Å². The minimum Gasteiger partial charge on any atom is -0.496 e. The molecule has 0 radical (unpaired) electrons. The van der Waals surface area contributed by atoms with Crippen molar-refractivity contribution in [2.24, 2.45) is 4.99 Å². The molecule has 0 aliphatic carbocycles. The third-order valence-corrected chi connectivity index (χ3v) is 5.26. The smallest absolute Gasteiger partial charge is 0.256 e. The summed E-state index contributed by atoms with van der Waals surface area (Å²) in [5.74, 6) is 0.404. The van der Waals surface area contributed by atoms with Crippen LogP contribution in [0.15, 0.2) is 65.7 Å². The van der Waals surface area contributed by atoms with E-state index in [0.29, 0.717) is 34.8 Å². The van der Waals surface area contributed by atoms with E-state index in [1.54, 1.807) is 57.6 Å². The molecule has 1 aliphatic heterocycles. The van der Waals surface area contributed by atoms with Gasteiger partial charge in [0.2, 0.25) is 0 Å². The Balaban J connectivity index is 1.59. The molecule has 3 aromatic carbocycles. The van der Waals surface area contributed by atoms with Crippen LogP contribution in [0.1, 0.15) is 26.3 Å². The van der Waals surface area contributed by atoms with Gasteiger partial charge in [-0.15, -0.1) is 0 Å². The highest BCUT2D eigenvalue weighted by Crippen LogP contribution is 2.42. The number of fused-ring (bicyclic) bond motifs is 1. The van der Waals surface area contributed by atoms with Crippen LogP contribution in [0, 0.1) is 5.82 Å². The van der Waals surface area contributed by atoms with E-state index in [-0.39, 0.29) is 17.6 Å². The van der Waals surface area contributed by atoms with E-state index < -0.39 is 0 Å². The topological polar surface area (TPSA) is 71.0 Å². The number of amidine groups is 1. The van der Waals surface area contributed by atoms with Crippen LogP contribution < -0.4 is 10.1 Å². The predicted molar refractivity (Wildman–Crippen MR) is 121 cm³/mol. The van der Waals surface area contributed by atoms with Gasteiger partial charge in [-0.3, -0.25) is 9.59 Å². The largest absolute Gasteiger partial charge is 0.496 e. The minimum atomic E-state index is -0.317. The summed E-state index contributed by atoms with van der Waals surface area (Å²) in [6.07, 6.45) is 0.399. The number of aliphatic imine (C=N–C) groups is 1. The van der Waals surface area contributed by atoms with Gasteiger partial charge >= 0.3 is 0 Å². The van der Waals surface area contributed by atoms with Crippen molar-refractivity contribution in [1.82, 2.24) is 10.2 Å².